The van der Waals surface area contributed by atoms with E-state index in [0.717, 1.165) is 65.7 Å². The van der Waals surface area contributed by atoms with Crippen LogP contribution in [0.2, 0.25) is 0 Å². The molecule has 0 fully saturated rings. The third-order valence-electron chi connectivity index (χ3n) is 13.9. The summed E-state index contributed by atoms with van der Waals surface area (Å²) >= 11 is 0. The SMILES string of the molecule is CC(C)(C)c1ccc(-c2c3c(cc4c2ccc2c5cc6c(c(-c7ccc(C(C)(C)C)cc7C#N)c5ccc42)-c2cccc4cccc-6c24)-c2cccc4cccc-3c24)c(C#N)c1. The highest BCUT2D eigenvalue weighted by Gasteiger charge is 2.31. The van der Waals surface area contributed by atoms with Gasteiger partial charge in [0.2, 0.25) is 0 Å². The lowest BCUT2D eigenvalue weighted by atomic mass is 9.80. The van der Waals surface area contributed by atoms with Crippen molar-refractivity contribution in [2.75, 3.05) is 0 Å². The topological polar surface area (TPSA) is 47.6 Å². The van der Waals surface area contributed by atoms with Crippen molar-refractivity contribution in [1.29, 1.82) is 10.5 Å². The molecule has 0 spiro atoms. The first kappa shape index (κ1) is 36.3. The minimum absolute atomic E-state index is 0.0987. The van der Waals surface area contributed by atoms with Crippen molar-refractivity contribution >= 4 is 53.9 Å². The van der Waals surface area contributed by atoms with Crippen LogP contribution in [-0.4, -0.2) is 0 Å². The number of benzene rings is 10. The van der Waals surface area contributed by atoms with Crippen molar-refractivity contribution in [3.63, 3.8) is 0 Å². The smallest absolute Gasteiger partial charge is 0.0998 e. The second kappa shape index (κ2) is 12.5. The van der Waals surface area contributed by atoms with Gasteiger partial charge < -0.3 is 0 Å². The number of hydrogen-bond acceptors (Lipinski definition) is 2. The van der Waals surface area contributed by atoms with Gasteiger partial charge in [0, 0.05) is 11.1 Å². The van der Waals surface area contributed by atoms with E-state index < -0.39 is 0 Å². The van der Waals surface area contributed by atoms with Gasteiger partial charge in [-0.1, -0.05) is 163 Å². The number of hydrogen-bond donors (Lipinski definition) is 0. The fourth-order valence-corrected chi connectivity index (χ4v) is 10.9. The fraction of sp³-hybridized carbons (Fsp3) is 0.133. The maximum absolute atomic E-state index is 10.8. The van der Waals surface area contributed by atoms with Crippen molar-refractivity contribution in [2.45, 2.75) is 52.4 Å². The number of nitrogens with zero attached hydrogens (tertiary/aromatic N) is 2. The van der Waals surface area contributed by atoms with E-state index in [1.54, 1.807) is 0 Å². The minimum atomic E-state index is -0.0987. The van der Waals surface area contributed by atoms with Gasteiger partial charge in [0.15, 0.2) is 0 Å². The molecular formula is C60H42N2. The van der Waals surface area contributed by atoms with Crippen LogP contribution in [0.15, 0.2) is 146 Å². The molecule has 0 unspecified atom stereocenters. The molecule has 0 aromatic heterocycles. The summed E-state index contributed by atoms with van der Waals surface area (Å²) in [6.45, 7) is 13.2. The van der Waals surface area contributed by atoms with Crippen LogP contribution >= 0.6 is 0 Å². The molecule has 0 bridgehead atoms. The molecule has 292 valence electrons. The van der Waals surface area contributed by atoms with Gasteiger partial charge in [0.1, 0.15) is 0 Å². The van der Waals surface area contributed by atoms with Crippen LogP contribution in [0.3, 0.4) is 0 Å². The fourth-order valence-electron chi connectivity index (χ4n) is 10.9. The summed E-state index contributed by atoms with van der Waals surface area (Å²) in [6.07, 6.45) is 0. The van der Waals surface area contributed by atoms with E-state index in [1.165, 1.54) is 66.1 Å². The zero-order chi connectivity index (χ0) is 42.4. The average molecular weight is 791 g/mol. The standard InChI is InChI=1S/C60H42N2/c1-59(2,3)37-19-21-39(35(27-37)31-61)55-45-25-23-42-41(49(45)29-51-43-15-7-11-33-13-9-17-47(53(33)43)57(51)55)24-26-46-50(42)30-52-44-16-8-12-34-14-10-18-48(54(34)44)58(52)56(46)40-22-20-38(60(4,5)6)28-36(40)32-62/h7-30H,1-6H3. The molecule has 2 aliphatic rings. The largest absolute Gasteiger partial charge is 0.192 e. The Morgan fingerprint density at radius 2 is 0.694 bits per heavy atom. The summed E-state index contributed by atoms with van der Waals surface area (Å²) in [5.41, 5.74) is 17.3. The molecule has 0 radical (unpaired) electrons. The second-order valence-corrected chi connectivity index (χ2v) is 19.4. The zero-order valence-electron chi connectivity index (χ0n) is 35.8. The lowest BCUT2D eigenvalue weighted by molar-refractivity contribution is 0.590. The number of nitriles is 2. The van der Waals surface area contributed by atoms with E-state index in [9.17, 15) is 10.5 Å². The Hall–Kier alpha value is -7.52. The van der Waals surface area contributed by atoms with E-state index >= 15 is 0 Å². The first-order valence-corrected chi connectivity index (χ1v) is 21.6. The van der Waals surface area contributed by atoms with E-state index in [0.29, 0.717) is 11.1 Å². The van der Waals surface area contributed by atoms with Crippen molar-refractivity contribution in [3.05, 3.63) is 168 Å². The van der Waals surface area contributed by atoms with Gasteiger partial charge in [-0.25, -0.2) is 0 Å². The van der Waals surface area contributed by atoms with Crippen LogP contribution in [0.5, 0.6) is 0 Å². The molecular weight excluding hydrogens is 749 g/mol. The molecule has 0 saturated carbocycles. The lowest BCUT2D eigenvalue weighted by Gasteiger charge is -2.23. The molecule has 10 aromatic rings. The monoisotopic (exact) mass is 790 g/mol. The molecule has 2 heteroatoms. The molecule has 0 amide bonds. The Morgan fingerprint density at radius 3 is 1.06 bits per heavy atom. The van der Waals surface area contributed by atoms with Gasteiger partial charge in [-0.05, 0) is 156 Å². The molecule has 0 N–H and O–H groups in total. The van der Waals surface area contributed by atoms with Gasteiger partial charge in [0.05, 0.1) is 23.3 Å². The van der Waals surface area contributed by atoms with E-state index in [2.05, 4.69) is 199 Å². The van der Waals surface area contributed by atoms with E-state index in [-0.39, 0.29) is 10.8 Å². The van der Waals surface area contributed by atoms with E-state index in [1.807, 2.05) is 0 Å². The number of rotatable bonds is 2. The Labute approximate surface area is 361 Å². The molecule has 0 aliphatic heterocycles. The average Bonchev–Trinajstić information content (AvgIpc) is 3.77. The Kier molecular flexibility index (Phi) is 7.34. The highest BCUT2D eigenvalue weighted by Crippen LogP contribution is 2.57. The van der Waals surface area contributed by atoms with Gasteiger partial charge >= 0.3 is 0 Å². The Bertz CT molecular complexity index is 3520. The van der Waals surface area contributed by atoms with Crippen molar-refractivity contribution in [1.82, 2.24) is 0 Å². The summed E-state index contributed by atoms with van der Waals surface area (Å²) in [7, 11) is 0. The summed E-state index contributed by atoms with van der Waals surface area (Å²) in [5, 5.41) is 33.6. The van der Waals surface area contributed by atoms with Crippen LogP contribution in [0, 0.1) is 22.7 Å². The lowest BCUT2D eigenvalue weighted by Crippen LogP contribution is -2.11. The molecule has 0 heterocycles. The molecule has 0 atom stereocenters. The molecule has 12 rings (SSSR count). The highest BCUT2D eigenvalue weighted by atomic mass is 14.4. The predicted molar refractivity (Wildman–Crippen MR) is 261 cm³/mol. The van der Waals surface area contributed by atoms with Gasteiger partial charge in [-0.2, -0.15) is 10.5 Å². The van der Waals surface area contributed by atoms with Crippen LogP contribution < -0.4 is 0 Å². The maximum atomic E-state index is 10.8. The summed E-state index contributed by atoms with van der Waals surface area (Å²) < 4.78 is 0. The third kappa shape index (κ3) is 4.90. The summed E-state index contributed by atoms with van der Waals surface area (Å²) in [4.78, 5) is 0. The quantitative estimate of drug-likeness (QED) is 0.164. The Morgan fingerprint density at radius 1 is 0.323 bits per heavy atom. The zero-order valence-corrected chi connectivity index (χ0v) is 35.8. The molecule has 2 nitrogen and oxygen atoms in total. The van der Waals surface area contributed by atoms with Crippen molar-refractivity contribution in [2.24, 2.45) is 0 Å². The summed E-state index contributed by atoms with van der Waals surface area (Å²) in [5.74, 6) is 0. The predicted octanol–water partition coefficient (Wildman–Crippen LogP) is 16.4. The molecule has 62 heavy (non-hydrogen) atoms. The van der Waals surface area contributed by atoms with Crippen LogP contribution in [0.4, 0.5) is 0 Å². The normalized spacial score (nSPS) is 12.6. The first-order valence-electron chi connectivity index (χ1n) is 21.6. The van der Waals surface area contributed by atoms with Gasteiger partial charge in [-0.15, -0.1) is 0 Å². The first-order chi connectivity index (χ1) is 29.9. The summed E-state index contributed by atoms with van der Waals surface area (Å²) in [6, 6.07) is 58.8. The van der Waals surface area contributed by atoms with Crippen LogP contribution in [0.25, 0.3) is 121 Å². The molecule has 0 saturated heterocycles. The second-order valence-electron chi connectivity index (χ2n) is 19.4. The molecule has 2 aliphatic carbocycles. The number of fused-ring (bicyclic) bond motifs is 11. The Balaban J connectivity index is 1.22. The van der Waals surface area contributed by atoms with Gasteiger partial charge in [0.25, 0.3) is 0 Å². The van der Waals surface area contributed by atoms with Crippen molar-refractivity contribution in [3.8, 4) is 78.9 Å². The molecule has 10 aromatic carbocycles. The van der Waals surface area contributed by atoms with Gasteiger partial charge in [-0.3, -0.25) is 0 Å². The maximum Gasteiger partial charge on any atom is 0.0998 e. The third-order valence-corrected chi connectivity index (χ3v) is 13.9. The van der Waals surface area contributed by atoms with E-state index in [4.69, 9.17) is 0 Å². The van der Waals surface area contributed by atoms with Crippen LogP contribution in [0.1, 0.15) is 63.8 Å². The van der Waals surface area contributed by atoms with Crippen LogP contribution in [-0.2, 0) is 10.8 Å². The van der Waals surface area contributed by atoms with Crippen molar-refractivity contribution < 1.29 is 0 Å². The highest BCUT2D eigenvalue weighted by molar-refractivity contribution is 6.30. The minimum Gasteiger partial charge on any atom is -0.192 e.